The lowest BCUT2D eigenvalue weighted by Crippen LogP contribution is -2.36. The average molecular weight is 459 g/mol. The Bertz CT molecular complexity index is 1120. The van der Waals surface area contributed by atoms with Crippen molar-refractivity contribution in [2.75, 3.05) is 36.5 Å². The summed E-state index contributed by atoms with van der Waals surface area (Å²) in [4.78, 5) is 19.2. The smallest absolute Gasteiger partial charge is 0.378 e. The van der Waals surface area contributed by atoms with Gasteiger partial charge in [-0.2, -0.15) is 18.3 Å². The van der Waals surface area contributed by atoms with Gasteiger partial charge < -0.3 is 15.0 Å². The Hall–Kier alpha value is -3.40. The summed E-state index contributed by atoms with van der Waals surface area (Å²) in [5.74, 6) is -0.270. The molecule has 0 radical (unpaired) electrons. The van der Waals surface area contributed by atoms with Crippen LogP contribution in [0.5, 0.6) is 0 Å². The summed E-state index contributed by atoms with van der Waals surface area (Å²) in [6, 6.07) is 9.76. The second kappa shape index (κ2) is 9.22. The maximum Gasteiger partial charge on any atom is 0.417 e. The number of alkyl halides is 3. The minimum atomic E-state index is -4.47. The number of halogens is 3. The predicted octanol–water partition coefficient (Wildman–Crippen LogP) is 4.50. The highest BCUT2D eigenvalue weighted by Gasteiger charge is 2.31. The Morgan fingerprint density at radius 3 is 2.52 bits per heavy atom. The third-order valence-corrected chi connectivity index (χ3v) is 5.37. The largest absolute Gasteiger partial charge is 0.417 e. The number of rotatable bonds is 5. The molecule has 10 heteroatoms. The van der Waals surface area contributed by atoms with Crippen LogP contribution in [0.2, 0.25) is 0 Å². The van der Waals surface area contributed by atoms with E-state index in [2.05, 4.69) is 20.3 Å². The third-order valence-electron chi connectivity index (χ3n) is 5.37. The maximum atomic E-state index is 13.1. The first-order valence-electron chi connectivity index (χ1n) is 10.6. The maximum absolute atomic E-state index is 13.1. The molecule has 33 heavy (non-hydrogen) atoms. The van der Waals surface area contributed by atoms with Gasteiger partial charge in [-0.25, -0.2) is 9.67 Å². The molecule has 1 amide bonds. The highest BCUT2D eigenvalue weighted by molar-refractivity contribution is 6.05. The number of hydrogen-bond acceptors (Lipinski definition) is 5. The second-order valence-electron chi connectivity index (χ2n) is 8.02. The molecule has 4 rings (SSSR count). The van der Waals surface area contributed by atoms with Crippen molar-refractivity contribution in [3.8, 4) is 5.82 Å². The number of hydrogen-bond donors (Lipinski definition) is 1. The minimum absolute atomic E-state index is 0.128. The van der Waals surface area contributed by atoms with E-state index in [1.807, 2.05) is 32.0 Å². The lowest BCUT2D eigenvalue weighted by molar-refractivity contribution is -0.137. The topological polar surface area (TPSA) is 72.3 Å². The first-order valence-corrected chi connectivity index (χ1v) is 10.6. The van der Waals surface area contributed by atoms with Crippen LogP contribution in [0, 0.1) is 0 Å². The zero-order valence-corrected chi connectivity index (χ0v) is 18.3. The monoisotopic (exact) mass is 459 g/mol. The molecule has 0 bridgehead atoms. The van der Waals surface area contributed by atoms with E-state index in [1.165, 1.54) is 16.9 Å². The lowest BCUT2D eigenvalue weighted by atomic mass is 10.1. The van der Waals surface area contributed by atoms with Gasteiger partial charge in [0.2, 0.25) is 0 Å². The molecule has 1 aromatic carbocycles. The number of nitrogens with zero attached hydrogens (tertiary/aromatic N) is 4. The van der Waals surface area contributed by atoms with Crippen LogP contribution in [0.25, 0.3) is 5.82 Å². The van der Waals surface area contributed by atoms with Crippen molar-refractivity contribution < 1.29 is 22.7 Å². The van der Waals surface area contributed by atoms with Gasteiger partial charge in [-0.05, 0) is 36.2 Å². The summed E-state index contributed by atoms with van der Waals surface area (Å²) in [7, 11) is 0. The zero-order valence-electron chi connectivity index (χ0n) is 18.3. The van der Waals surface area contributed by atoms with Crippen LogP contribution in [0.15, 0.2) is 48.8 Å². The minimum Gasteiger partial charge on any atom is -0.378 e. The molecule has 1 fully saturated rings. The van der Waals surface area contributed by atoms with Gasteiger partial charge in [0, 0.05) is 30.7 Å². The quantitative estimate of drug-likeness (QED) is 0.608. The van der Waals surface area contributed by atoms with Crippen LogP contribution in [0.4, 0.5) is 24.5 Å². The van der Waals surface area contributed by atoms with Gasteiger partial charge in [0.1, 0.15) is 0 Å². The van der Waals surface area contributed by atoms with Crippen molar-refractivity contribution in [3.05, 3.63) is 65.6 Å². The number of benzene rings is 1. The standard InChI is InChI=1S/C23H24F3N5O2/c1-15(2)21-19(14-28-31(21)20-7-6-16(13-27-20)23(24,25)26)22(32)29-17-4-3-5-18(12-17)30-8-10-33-11-9-30/h3-7,12-15H,8-11H2,1-2H3,(H,29,32). The van der Waals surface area contributed by atoms with E-state index in [1.54, 1.807) is 6.07 Å². The van der Waals surface area contributed by atoms with E-state index in [0.29, 0.717) is 30.2 Å². The molecule has 0 spiro atoms. The summed E-state index contributed by atoms with van der Waals surface area (Å²) in [5, 5.41) is 7.15. The number of carbonyl (C=O) groups is 1. The first kappa shape index (κ1) is 22.8. The molecule has 3 aromatic rings. The number of nitrogens with one attached hydrogen (secondary N) is 1. The average Bonchev–Trinajstić information content (AvgIpc) is 3.25. The molecule has 3 heterocycles. The molecule has 1 aliphatic rings. The normalized spacial score (nSPS) is 14.5. The Labute approximate surface area is 189 Å². The summed E-state index contributed by atoms with van der Waals surface area (Å²) >= 11 is 0. The van der Waals surface area contributed by atoms with Crippen LogP contribution in [-0.2, 0) is 10.9 Å². The fourth-order valence-corrected chi connectivity index (χ4v) is 3.75. The molecule has 1 saturated heterocycles. The summed E-state index contributed by atoms with van der Waals surface area (Å²) in [5.41, 5.74) is 1.68. The van der Waals surface area contributed by atoms with Crippen molar-refractivity contribution in [2.45, 2.75) is 25.9 Å². The number of amides is 1. The van der Waals surface area contributed by atoms with Gasteiger partial charge in [-0.1, -0.05) is 19.9 Å². The van der Waals surface area contributed by atoms with E-state index in [4.69, 9.17) is 4.74 Å². The van der Waals surface area contributed by atoms with Crippen LogP contribution < -0.4 is 10.2 Å². The van der Waals surface area contributed by atoms with Crippen LogP contribution in [0.1, 0.15) is 41.4 Å². The van der Waals surface area contributed by atoms with Crippen LogP contribution in [0.3, 0.4) is 0 Å². The molecule has 2 aromatic heterocycles. The molecule has 1 N–H and O–H groups in total. The molecule has 0 aliphatic carbocycles. The molecule has 0 unspecified atom stereocenters. The first-order chi connectivity index (χ1) is 15.7. The van der Waals surface area contributed by atoms with Gasteiger partial charge in [-0.3, -0.25) is 4.79 Å². The summed E-state index contributed by atoms with van der Waals surface area (Å²) in [6.07, 6.45) is -2.30. The fraction of sp³-hybridized carbons (Fsp3) is 0.348. The lowest BCUT2D eigenvalue weighted by Gasteiger charge is -2.29. The van der Waals surface area contributed by atoms with Gasteiger partial charge in [0.25, 0.3) is 5.91 Å². The van der Waals surface area contributed by atoms with Gasteiger partial charge in [0.15, 0.2) is 5.82 Å². The van der Waals surface area contributed by atoms with Crippen molar-refractivity contribution in [2.24, 2.45) is 0 Å². The fourth-order valence-electron chi connectivity index (χ4n) is 3.75. The Morgan fingerprint density at radius 2 is 1.88 bits per heavy atom. The molecular formula is C23H24F3N5O2. The number of anilines is 2. The molecule has 7 nitrogen and oxygen atoms in total. The van der Waals surface area contributed by atoms with Crippen molar-refractivity contribution in [1.82, 2.24) is 14.8 Å². The van der Waals surface area contributed by atoms with Crippen molar-refractivity contribution in [3.63, 3.8) is 0 Å². The van der Waals surface area contributed by atoms with E-state index in [0.717, 1.165) is 31.0 Å². The van der Waals surface area contributed by atoms with Crippen LogP contribution in [-0.4, -0.2) is 47.0 Å². The van der Waals surface area contributed by atoms with Crippen LogP contribution >= 0.6 is 0 Å². The Kier molecular flexibility index (Phi) is 6.37. The number of pyridine rings is 1. The van der Waals surface area contributed by atoms with Crippen molar-refractivity contribution >= 4 is 17.3 Å². The van der Waals surface area contributed by atoms with Gasteiger partial charge >= 0.3 is 6.18 Å². The number of aromatic nitrogens is 3. The highest BCUT2D eigenvalue weighted by atomic mass is 19.4. The third kappa shape index (κ3) is 5.00. The number of morpholine rings is 1. The van der Waals surface area contributed by atoms with E-state index >= 15 is 0 Å². The van der Waals surface area contributed by atoms with Crippen molar-refractivity contribution in [1.29, 1.82) is 0 Å². The Balaban J connectivity index is 1.58. The van der Waals surface area contributed by atoms with E-state index < -0.39 is 11.7 Å². The van der Waals surface area contributed by atoms with Gasteiger partial charge in [-0.15, -0.1) is 0 Å². The summed E-state index contributed by atoms with van der Waals surface area (Å²) in [6.45, 7) is 6.64. The Morgan fingerprint density at radius 1 is 1.12 bits per heavy atom. The number of carbonyl (C=O) groups excluding carboxylic acids is 1. The number of ether oxygens (including phenoxy) is 1. The molecule has 1 aliphatic heterocycles. The van der Waals surface area contributed by atoms with Gasteiger partial charge in [0.05, 0.1) is 36.2 Å². The predicted molar refractivity (Wildman–Crippen MR) is 118 cm³/mol. The second-order valence-corrected chi connectivity index (χ2v) is 8.02. The molecule has 0 saturated carbocycles. The zero-order chi connectivity index (χ0) is 23.6. The molecule has 0 atom stereocenters. The highest BCUT2D eigenvalue weighted by Crippen LogP contribution is 2.30. The summed E-state index contributed by atoms with van der Waals surface area (Å²) < 4.78 is 45.4. The SMILES string of the molecule is CC(C)c1c(C(=O)Nc2cccc(N3CCOCC3)c2)cnn1-c1ccc(C(F)(F)F)cn1. The van der Waals surface area contributed by atoms with E-state index in [-0.39, 0.29) is 17.6 Å². The molecular weight excluding hydrogens is 435 g/mol. The molecule has 174 valence electrons. The van der Waals surface area contributed by atoms with E-state index in [9.17, 15) is 18.0 Å².